The molecule has 0 unspecified atom stereocenters. The Morgan fingerprint density at radius 1 is 0.962 bits per heavy atom. The summed E-state index contributed by atoms with van der Waals surface area (Å²) in [7, 11) is 3.24. The van der Waals surface area contributed by atoms with Crippen LogP contribution in [0.4, 0.5) is 0 Å². The maximum atomic E-state index is 6.28. The molecule has 0 aliphatic rings. The van der Waals surface area contributed by atoms with Crippen molar-refractivity contribution in [1.82, 2.24) is 9.97 Å². The summed E-state index contributed by atoms with van der Waals surface area (Å²) in [5.41, 5.74) is 2.42. The summed E-state index contributed by atoms with van der Waals surface area (Å²) >= 11 is 6.28. The predicted octanol–water partition coefficient (Wildman–Crippen LogP) is 4.88. The molecule has 5 nitrogen and oxygen atoms in total. The molecule has 0 bridgehead atoms. The summed E-state index contributed by atoms with van der Waals surface area (Å²) in [6.07, 6.45) is 1.71. The fourth-order valence-corrected chi connectivity index (χ4v) is 2.81. The second-order valence-electron chi connectivity index (χ2n) is 5.41. The zero-order valence-electron chi connectivity index (χ0n) is 14.8. The minimum Gasteiger partial charge on any atom is -0.497 e. The number of benzene rings is 2. The molecule has 26 heavy (non-hydrogen) atoms. The third-order valence-electron chi connectivity index (χ3n) is 3.83. The van der Waals surface area contributed by atoms with Crippen molar-refractivity contribution < 1.29 is 14.2 Å². The van der Waals surface area contributed by atoms with E-state index >= 15 is 0 Å². The maximum Gasteiger partial charge on any atom is 0.159 e. The van der Waals surface area contributed by atoms with Crippen LogP contribution in [0.3, 0.4) is 0 Å². The predicted molar refractivity (Wildman–Crippen MR) is 102 cm³/mol. The summed E-state index contributed by atoms with van der Waals surface area (Å²) in [6, 6.07) is 13.0. The van der Waals surface area contributed by atoms with Crippen LogP contribution in [-0.2, 0) is 0 Å². The van der Waals surface area contributed by atoms with Crippen molar-refractivity contribution >= 4 is 11.6 Å². The lowest BCUT2D eigenvalue weighted by Crippen LogP contribution is -1.96. The van der Waals surface area contributed by atoms with Gasteiger partial charge in [-0.1, -0.05) is 11.6 Å². The van der Waals surface area contributed by atoms with Crippen molar-refractivity contribution in [2.24, 2.45) is 0 Å². The molecule has 0 fully saturated rings. The summed E-state index contributed by atoms with van der Waals surface area (Å²) in [6.45, 7) is 2.47. The molecular formula is C20H19ClN2O3. The third-order valence-corrected chi connectivity index (χ3v) is 4.13. The molecule has 0 radical (unpaired) electrons. The molecule has 2 aromatic carbocycles. The molecule has 0 N–H and O–H groups in total. The highest BCUT2D eigenvalue weighted by Gasteiger charge is 2.12. The van der Waals surface area contributed by atoms with Gasteiger partial charge in [0.05, 0.1) is 31.5 Å². The van der Waals surface area contributed by atoms with Crippen molar-refractivity contribution in [1.29, 1.82) is 0 Å². The maximum absolute atomic E-state index is 6.28. The van der Waals surface area contributed by atoms with E-state index in [1.165, 1.54) is 0 Å². The van der Waals surface area contributed by atoms with Gasteiger partial charge in [0.25, 0.3) is 0 Å². The molecule has 0 aliphatic heterocycles. The number of halogens is 1. The van der Waals surface area contributed by atoms with E-state index in [1.807, 2.05) is 43.3 Å². The molecule has 0 amide bonds. The van der Waals surface area contributed by atoms with Crippen molar-refractivity contribution in [2.45, 2.75) is 6.92 Å². The van der Waals surface area contributed by atoms with Crippen LogP contribution in [0.1, 0.15) is 6.92 Å². The first kappa shape index (κ1) is 18.0. The first-order valence-electron chi connectivity index (χ1n) is 8.14. The van der Waals surface area contributed by atoms with Gasteiger partial charge < -0.3 is 14.2 Å². The Morgan fingerprint density at radius 3 is 2.50 bits per heavy atom. The number of ether oxygens (including phenoxy) is 3. The summed E-state index contributed by atoms with van der Waals surface area (Å²) in [5, 5.41) is 0.528. The molecule has 3 rings (SSSR count). The number of hydrogen-bond acceptors (Lipinski definition) is 5. The van der Waals surface area contributed by atoms with Gasteiger partial charge in [-0.2, -0.15) is 0 Å². The van der Waals surface area contributed by atoms with Gasteiger partial charge in [-0.15, -0.1) is 0 Å². The SMILES string of the molecule is CCOc1ccc(-c2nccc(-c3ccc(OC)cc3OC)n2)cc1Cl. The minimum absolute atomic E-state index is 0.528. The van der Waals surface area contributed by atoms with E-state index in [1.54, 1.807) is 26.5 Å². The third kappa shape index (κ3) is 3.73. The molecule has 0 aliphatic carbocycles. The highest BCUT2D eigenvalue weighted by atomic mass is 35.5. The number of nitrogens with zero attached hydrogens (tertiary/aromatic N) is 2. The number of rotatable bonds is 6. The standard InChI is InChI=1S/C20H19ClN2O3/c1-4-26-18-8-5-13(11-16(18)21)20-22-10-9-17(23-20)15-7-6-14(24-2)12-19(15)25-3/h5-12H,4H2,1-3H3. The van der Waals surface area contributed by atoms with E-state index in [4.69, 9.17) is 25.8 Å². The fraction of sp³-hybridized carbons (Fsp3) is 0.200. The average molecular weight is 371 g/mol. The van der Waals surface area contributed by atoms with E-state index in [9.17, 15) is 0 Å². The second-order valence-corrected chi connectivity index (χ2v) is 5.82. The van der Waals surface area contributed by atoms with Gasteiger partial charge in [-0.3, -0.25) is 0 Å². The summed E-state index contributed by atoms with van der Waals surface area (Å²) < 4.78 is 16.2. The van der Waals surface area contributed by atoms with Gasteiger partial charge >= 0.3 is 0 Å². The van der Waals surface area contributed by atoms with E-state index in [0.29, 0.717) is 29.0 Å². The van der Waals surface area contributed by atoms with E-state index < -0.39 is 0 Å². The smallest absolute Gasteiger partial charge is 0.159 e. The molecule has 0 atom stereocenters. The van der Waals surface area contributed by atoms with E-state index in [0.717, 1.165) is 22.6 Å². The van der Waals surface area contributed by atoms with Crippen LogP contribution in [0.15, 0.2) is 48.7 Å². The molecule has 3 aromatic rings. The lowest BCUT2D eigenvalue weighted by molar-refractivity contribution is 0.340. The van der Waals surface area contributed by atoms with Crippen LogP contribution >= 0.6 is 11.6 Å². The molecule has 0 spiro atoms. The Morgan fingerprint density at radius 2 is 1.81 bits per heavy atom. The molecule has 1 aromatic heterocycles. The van der Waals surface area contributed by atoms with Crippen LogP contribution in [0.5, 0.6) is 17.2 Å². The van der Waals surface area contributed by atoms with Gasteiger partial charge in [0.1, 0.15) is 17.2 Å². The van der Waals surface area contributed by atoms with Crippen LogP contribution < -0.4 is 14.2 Å². The van der Waals surface area contributed by atoms with Crippen molar-refractivity contribution in [3.05, 3.63) is 53.7 Å². The zero-order chi connectivity index (χ0) is 18.5. The van der Waals surface area contributed by atoms with Crippen molar-refractivity contribution in [3.8, 4) is 39.9 Å². The highest BCUT2D eigenvalue weighted by molar-refractivity contribution is 6.32. The number of methoxy groups -OCH3 is 2. The molecule has 0 saturated carbocycles. The van der Waals surface area contributed by atoms with Crippen LogP contribution in [0.2, 0.25) is 5.02 Å². The van der Waals surface area contributed by atoms with Crippen LogP contribution in [-0.4, -0.2) is 30.8 Å². The Kier molecular flexibility index (Phi) is 5.58. The largest absolute Gasteiger partial charge is 0.497 e. The second kappa shape index (κ2) is 8.06. The lowest BCUT2D eigenvalue weighted by atomic mass is 10.1. The zero-order valence-corrected chi connectivity index (χ0v) is 15.6. The quantitative estimate of drug-likeness (QED) is 0.619. The monoisotopic (exact) mass is 370 g/mol. The lowest BCUT2D eigenvalue weighted by Gasteiger charge is -2.11. The van der Waals surface area contributed by atoms with Crippen LogP contribution in [0.25, 0.3) is 22.6 Å². The molecule has 6 heteroatoms. The van der Waals surface area contributed by atoms with Crippen molar-refractivity contribution in [2.75, 3.05) is 20.8 Å². The Labute approximate surface area is 157 Å². The molecule has 1 heterocycles. The van der Waals surface area contributed by atoms with Gasteiger partial charge in [0.2, 0.25) is 0 Å². The Balaban J connectivity index is 2.00. The summed E-state index contributed by atoms with van der Waals surface area (Å²) in [5.74, 6) is 2.62. The first-order valence-corrected chi connectivity index (χ1v) is 8.52. The number of hydrogen-bond donors (Lipinski definition) is 0. The van der Waals surface area contributed by atoms with Gasteiger partial charge in [0.15, 0.2) is 5.82 Å². The van der Waals surface area contributed by atoms with Gasteiger partial charge in [-0.25, -0.2) is 9.97 Å². The molecule has 134 valence electrons. The Bertz CT molecular complexity index is 915. The van der Waals surface area contributed by atoms with E-state index in [-0.39, 0.29) is 0 Å². The average Bonchev–Trinajstić information content (AvgIpc) is 2.69. The van der Waals surface area contributed by atoms with Gasteiger partial charge in [0, 0.05) is 23.4 Å². The highest BCUT2D eigenvalue weighted by Crippen LogP contribution is 2.34. The normalized spacial score (nSPS) is 10.5. The summed E-state index contributed by atoms with van der Waals surface area (Å²) in [4.78, 5) is 9.03. The Hall–Kier alpha value is -2.79. The topological polar surface area (TPSA) is 53.5 Å². The molecular weight excluding hydrogens is 352 g/mol. The van der Waals surface area contributed by atoms with E-state index in [2.05, 4.69) is 9.97 Å². The van der Waals surface area contributed by atoms with Gasteiger partial charge in [-0.05, 0) is 43.3 Å². The first-order chi connectivity index (χ1) is 12.7. The fourth-order valence-electron chi connectivity index (χ4n) is 2.57. The van der Waals surface area contributed by atoms with Crippen molar-refractivity contribution in [3.63, 3.8) is 0 Å². The molecule has 0 saturated heterocycles. The number of aromatic nitrogens is 2. The van der Waals surface area contributed by atoms with Crippen LogP contribution in [0, 0.1) is 0 Å². The minimum atomic E-state index is 0.528.